The zero-order chi connectivity index (χ0) is 20.4. The van der Waals surface area contributed by atoms with Gasteiger partial charge >= 0.3 is 0 Å². The molecule has 1 N–H and O–H groups in total. The van der Waals surface area contributed by atoms with Crippen LogP contribution in [0.1, 0.15) is 65.4 Å². The fraction of sp³-hybridized carbons (Fsp3) is 0.591. The van der Waals surface area contributed by atoms with Gasteiger partial charge in [-0.05, 0) is 44.9 Å². The summed E-state index contributed by atoms with van der Waals surface area (Å²) >= 11 is 0. The van der Waals surface area contributed by atoms with E-state index in [1.165, 1.54) is 0 Å². The second-order valence-corrected chi connectivity index (χ2v) is 8.23. The van der Waals surface area contributed by atoms with Crippen molar-refractivity contribution >= 4 is 11.9 Å². The van der Waals surface area contributed by atoms with Crippen LogP contribution in [0.3, 0.4) is 0 Å². The van der Waals surface area contributed by atoms with Gasteiger partial charge in [0.2, 0.25) is 5.95 Å². The van der Waals surface area contributed by atoms with Gasteiger partial charge in [0, 0.05) is 51.1 Å². The Kier molecular flexibility index (Phi) is 5.85. The topological polar surface area (TPSA) is 74.5 Å². The largest absolute Gasteiger partial charge is 0.466 e. The number of fused-ring (bicyclic) bond motifs is 1. The smallest absolute Gasteiger partial charge is 0.273 e. The number of nitrogens with one attached hydrogen (secondary N) is 1. The number of furan rings is 1. The standard InChI is InChI=1S/C22H31N5O2/c1-15(19-7-6-16(2)29-19)8-12-26-13-9-18-17(14-26)20(25-22(23-3)24-18)21(28)27-10-4-5-11-27/h6-7,15H,4-5,8-14H2,1-3H3,(H,23,24,25)/t15-/m0/s1. The average Bonchev–Trinajstić information content (AvgIpc) is 3.42. The highest BCUT2D eigenvalue weighted by Gasteiger charge is 2.29. The number of carbonyl (C=O) groups excluding carboxylic acids is 1. The molecule has 0 bridgehead atoms. The number of aromatic nitrogens is 2. The molecule has 1 fully saturated rings. The van der Waals surface area contributed by atoms with Crippen molar-refractivity contribution in [3.63, 3.8) is 0 Å². The zero-order valence-electron chi connectivity index (χ0n) is 17.7. The molecule has 0 spiro atoms. The molecule has 0 saturated carbocycles. The number of amides is 1. The lowest BCUT2D eigenvalue weighted by atomic mass is 10.0. The molecule has 0 aliphatic carbocycles. The molecular formula is C22H31N5O2. The number of anilines is 1. The second kappa shape index (κ2) is 8.53. The monoisotopic (exact) mass is 397 g/mol. The minimum atomic E-state index is 0.0546. The van der Waals surface area contributed by atoms with Crippen molar-refractivity contribution in [2.24, 2.45) is 0 Å². The van der Waals surface area contributed by atoms with E-state index in [1.807, 2.05) is 17.9 Å². The summed E-state index contributed by atoms with van der Waals surface area (Å²) in [5, 5.41) is 3.02. The fourth-order valence-electron chi connectivity index (χ4n) is 4.26. The molecule has 2 aromatic rings. The van der Waals surface area contributed by atoms with Crippen molar-refractivity contribution < 1.29 is 9.21 Å². The first-order valence-corrected chi connectivity index (χ1v) is 10.7. The van der Waals surface area contributed by atoms with E-state index in [2.05, 4.69) is 33.2 Å². The van der Waals surface area contributed by atoms with E-state index in [0.29, 0.717) is 17.6 Å². The van der Waals surface area contributed by atoms with Crippen LogP contribution in [0.5, 0.6) is 0 Å². The summed E-state index contributed by atoms with van der Waals surface area (Å²) in [5.74, 6) is 2.98. The third-order valence-corrected chi connectivity index (χ3v) is 6.08. The van der Waals surface area contributed by atoms with Crippen LogP contribution >= 0.6 is 0 Å². The van der Waals surface area contributed by atoms with E-state index in [1.54, 1.807) is 7.05 Å². The predicted octanol–water partition coefficient (Wildman–Crippen LogP) is 3.21. The number of hydrogen-bond acceptors (Lipinski definition) is 6. The van der Waals surface area contributed by atoms with Gasteiger partial charge in [0.25, 0.3) is 5.91 Å². The molecule has 2 aromatic heterocycles. The maximum absolute atomic E-state index is 13.1. The number of rotatable bonds is 6. The second-order valence-electron chi connectivity index (χ2n) is 8.23. The van der Waals surface area contributed by atoms with Crippen LogP contribution in [-0.4, -0.2) is 58.9 Å². The van der Waals surface area contributed by atoms with Crippen LogP contribution in [0.4, 0.5) is 5.95 Å². The minimum absolute atomic E-state index is 0.0546. The molecule has 4 heterocycles. The van der Waals surface area contributed by atoms with Crippen LogP contribution in [0.15, 0.2) is 16.5 Å². The Bertz CT molecular complexity index is 872. The summed E-state index contributed by atoms with van der Waals surface area (Å²) in [5.41, 5.74) is 2.60. The normalized spacial score (nSPS) is 18.0. The first-order valence-electron chi connectivity index (χ1n) is 10.7. The van der Waals surface area contributed by atoms with Crippen molar-refractivity contribution in [3.05, 3.63) is 40.6 Å². The Morgan fingerprint density at radius 1 is 1.24 bits per heavy atom. The molecule has 2 aliphatic rings. The third-order valence-electron chi connectivity index (χ3n) is 6.08. The van der Waals surface area contributed by atoms with Gasteiger partial charge in [-0.1, -0.05) is 6.92 Å². The van der Waals surface area contributed by atoms with Gasteiger partial charge in [-0.2, -0.15) is 0 Å². The van der Waals surface area contributed by atoms with Gasteiger partial charge in [-0.15, -0.1) is 0 Å². The van der Waals surface area contributed by atoms with Crippen molar-refractivity contribution in [3.8, 4) is 0 Å². The van der Waals surface area contributed by atoms with Crippen molar-refractivity contribution in [1.82, 2.24) is 19.8 Å². The molecule has 2 aliphatic heterocycles. The molecule has 4 rings (SSSR count). The van der Waals surface area contributed by atoms with E-state index in [-0.39, 0.29) is 5.91 Å². The van der Waals surface area contributed by atoms with Gasteiger partial charge in [-0.3, -0.25) is 9.69 Å². The summed E-state index contributed by atoms with van der Waals surface area (Å²) in [4.78, 5) is 26.7. The molecule has 0 unspecified atom stereocenters. The quantitative estimate of drug-likeness (QED) is 0.807. The average molecular weight is 398 g/mol. The molecule has 0 aromatic carbocycles. The van der Waals surface area contributed by atoms with Crippen LogP contribution < -0.4 is 5.32 Å². The lowest BCUT2D eigenvalue weighted by Crippen LogP contribution is -2.36. The summed E-state index contributed by atoms with van der Waals surface area (Å²) in [6.07, 6.45) is 4.02. The van der Waals surface area contributed by atoms with Gasteiger partial charge in [0.15, 0.2) is 0 Å². The maximum atomic E-state index is 13.1. The van der Waals surface area contributed by atoms with Crippen molar-refractivity contribution in [2.45, 2.75) is 52.0 Å². The predicted molar refractivity (Wildman–Crippen MR) is 112 cm³/mol. The van der Waals surface area contributed by atoms with Crippen molar-refractivity contribution in [1.29, 1.82) is 0 Å². The molecular weight excluding hydrogens is 366 g/mol. The molecule has 156 valence electrons. The van der Waals surface area contributed by atoms with Gasteiger partial charge in [0.1, 0.15) is 17.2 Å². The number of aryl methyl sites for hydroxylation is 1. The minimum Gasteiger partial charge on any atom is -0.466 e. The van der Waals surface area contributed by atoms with Crippen LogP contribution in [0.2, 0.25) is 0 Å². The summed E-state index contributed by atoms with van der Waals surface area (Å²) in [6, 6.07) is 4.10. The molecule has 29 heavy (non-hydrogen) atoms. The number of hydrogen-bond donors (Lipinski definition) is 1. The van der Waals surface area contributed by atoms with E-state index in [4.69, 9.17) is 4.42 Å². The molecule has 7 heteroatoms. The number of carbonyl (C=O) groups is 1. The third kappa shape index (κ3) is 4.29. The summed E-state index contributed by atoms with van der Waals surface area (Å²) in [6.45, 7) is 8.50. The Hall–Kier alpha value is -2.41. The van der Waals surface area contributed by atoms with Gasteiger partial charge in [0.05, 0.1) is 5.69 Å². The molecule has 7 nitrogen and oxygen atoms in total. The number of nitrogens with zero attached hydrogens (tertiary/aromatic N) is 4. The van der Waals surface area contributed by atoms with E-state index < -0.39 is 0 Å². The molecule has 1 atom stereocenters. The number of likely N-dealkylation sites (tertiary alicyclic amines) is 1. The fourth-order valence-corrected chi connectivity index (χ4v) is 4.26. The lowest BCUT2D eigenvalue weighted by Gasteiger charge is -2.30. The SMILES string of the molecule is CNc1nc2c(c(C(=O)N3CCCC3)n1)CN(CC[C@H](C)c1ccc(C)o1)CC2. The Morgan fingerprint density at radius 2 is 2.03 bits per heavy atom. The maximum Gasteiger partial charge on any atom is 0.273 e. The van der Waals surface area contributed by atoms with E-state index in [0.717, 1.165) is 81.2 Å². The Morgan fingerprint density at radius 3 is 2.72 bits per heavy atom. The van der Waals surface area contributed by atoms with Gasteiger partial charge < -0.3 is 14.6 Å². The summed E-state index contributed by atoms with van der Waals surface area (Å²) < 4.78 is 5.78. The van der Waals surface area contributed by atoms with E-state index >= 15 is 0 Å². The zero-order valence-corrected chi connectivity index (χ0v) is 17.7. The first kappa shape index (κ1) is 19.9. The summed E-state index contributed by atoms with van der Waals surface area (Å²) in [7, 11) is 1.80. The Labute approximate surface area is 172 Å². The van der Waals surface area contributed by atoms with Crippen LogP contribution in [0, 0.1) is 6.92 Å². The highest BCUT2D eigenvalue weighted by Crippen LogP contribution is 2.26. The lowest BCUT2D eigenvalue weighted by molar-refractivity contribution is 0.0783. The Balaban J connectivity index is 1.49. The molecule has 1 saturated heterocycles. The van der Waals surface area contributed by atoms with Gasteiger partial charge in [-0.25, -0.2) is 9.97 Å². The van der Waals surface area contributed by atoms with Crippen LogP contribution in [0.25, 0.3) is 0 Å². The van der Waals surface area contributed by atoms with E-state index in [9.17, 15) is 4.79 Å². The first-order chi connectivity index (χ1) is 14.0. The highest BCUT2D eigenvalue weighted by atomic mass is 16.3. The van der Waals surface area contributed by atoms with Crippen molar-refractivity contribution in [2.75, 3.05) is 38.5 Å². The highest BCUT2D eigenvalue weighted by molar-refractivity contribution is 5.94. The molecule has 1 amide bonds. The molecule has 0 radical (unpaired) electrons. The van der Waals surface area contributed by atoms with Crippen LogP contribution in [-0.2, 0) is 13.0 Å².